The van der Waals surface area contributed by atoms with Crippen LogP contribution in [0.1, 0.15) is 21.7 Å². The fourth-order valence-electron chi connectivity index (χ4n) is 2.14. The monoisotopic (exact) mass is 392 g/mol. The minimum absolute atomic E-state index is 0.0951. The molecular formula is C16H10Br2O2. The van der Waals surface area contributed by atoms with E-state index in [-0.39, 0.29) is 5.78 Å². The van der Waals surface area contributed by atoms with E-state index in [1.165, 1.54) is 0 Å². The van der Waals surface area contributed by atoms with Crippen molar-refractivity contribution in [1.82, 2.24) is 0 Å². The lowest BCUT2D eigenvalue weighted by Gasteiger charge is -1.99. The first-order valence-corrected chi connectivity index (χ1v) is 7.64. The average molecular weight is 394 g/mol. The van der Waals surface area contributed by atoms with Crippen molar-refractivity contribution in [3.05, 3.63) is 68.3 Å². The minimum atomic E-state index is -0.0951. The Kier molecular flexibility index (Phi) is 3.52. The molecule has 0 unspecified atom stereocenters. The van der Waals surface area contributed by atoms with Crippen molar-refractivity contribution in [3.63, 3.8) is 0 Å². The molecule has 0 bridgehead atoms. The number of fused-ring (bicyclic) bond motifs is 1. The van der Waals surface area contributed by atoms with Gasteiger partial charge in [-0.1, -0.05) is 31.9 Å². The van der Waals surface area contributed by atoms with Gasteiger partial charge >= 0.3 is 0 Å². The number of carbonyl (C=O) groups excluding carboxylic acids is 1. The highest BCUT2D eigenvalue weighted by Gasteiger charge is 2.19. The molecule has 100 valence electrons. The van der Waals surface area contributed by atoms with Crippen molar-refractivity contribution >= 4 is 48.6 Å². The van der Waals surface area contributed by atoms with Gasteiger partial charge in [-0.05, 0) is 49.4 Å². The Morgan fingerprint density at radius 1 is 1.00 bits per heavy atom. The molecule has 4 heteroatoms. The molecule has 3 rings (SSSR count). The predicted molar refractivity (Wildman–Crippen MR) is 86.2 cm³/mol. The number of hydrogen-bond donors (Lipinski definition) is 0. The molecule has 0 N–H and O–H groups in total. The Hall–Kier alpha value is -1.39. The molecule has 1 aromatic heterocycles. The summed E-state index contributed by atoms with van der Waals surface area (Å²) in [6.07, 6.45) is 0. The van der Waals surface area contributed by atoms with E-state index in [1.807, 2.05) is 37.3 Å². The van der Waals surface area contributed by atoms with Crippen molar-refractivity contribution in [2.75, 3.05) is 0 Å². The highest BCUT2D eigenvalue weighted by atomic mass is 79.9. The summed E-state index contributed by atoms with van der Waals surface area (Å²) in [6.45, 7) is 1.91. The van der Waals surface area contributed by atoms with Gasteiger partial charge in [0.1, 0.15) is 5.58 Å². The summed E-state index contributed by atoms with van der Waals surface area (Å²) in [5.74, 6) is 0.308. The van der Waals surface area contributed by atoms with E-state index in [1.54, 1.807) is 12.1 Å². The summed E-state index contributed by atoms with van der Waals surface area (Å²) in [5.41, 5.74) is 2.22. The Morgan fingerprint density at radius 3 is 2.35 bits per heavy atom. The molecule has 0 saturated carbocycles. The van der Waals surface area contributed by atoms with Crippen LogP contribution < -0.4 is 0 Å². The maximum atomic E-state index is 12.5. The van der Waals surface area contributed by atoms with Gasteiger partial charge in [0.2, 0.25) is 5.78 Å². The summed E-state index contributed by atoms with van der Waals surface area (Å²) < 4.78 is 7.63. The first-order chi connectivity index (χ1) is 9.56. The Morgan fingerprint density at radius 2 is 1.65 bits per heavy atom. The standard InChI is InChI=1S/C16H10Br2O2/c1-9-13-8-12(18)6-7-14(13)20-16(9)15(19)10-2-4-11(17)5-3-10/h2-8H,1H3. The van der Waals surface area contributed by atoms with Crippen LogP contribution in [-0.2, 0) is 0 Å². The maximum absolute atomic E-state index is 12.5. The number of furan rings is 1. The molecule has 0 aliphatic rings. The van der Waals surface area contributed by atoms with Crippen LogP contribution in [0.4, 0.5) is 0 Å². The topological polar surface area (TPSA) is 30.2 Å². The van der Waals surface area contributed by atoms with E-state index in [0.29, 0.717) is 11.3 Å². The Labute approximate surface area is 133 Å². The van der Waals surface area contributed by atoms with E-state index >= 15 is 0 Å². The number of aryl methyl sites for hydroxylation is 1. The third-order valence-electron chi connectivity index (χ3n) is 3.21. The molecule has 0 spiro atoms. The van der Waals surface area contributed by atoms with Crippen molar-refractivity contribution < 1.29 is 9.21 Å². The highest BCUT2D eigenvalue weighted by molar-refractivity contribution is 9.10. The molecule has 2 aromatic carbocycles. The lowest BCUT2D eigenvalue weighted by atomic mass is 10.1. The molecule has 3 aromatic rings. The van der Waals surface area contributed by atoms with Gasteiger partial charge in [-0.15, -0.1) is 0 Å². The zero-order valence-electron chi connectivity index (χ0n) is 10.6. The minimum Gasteiger partial charge on any atom is -0.452 e. The Balaban J connectivity index is 2.12. The van der Waals surface area contributed by atoms with Gasteiger partial charge in [-0.3, -0.25) is 4.79 Å². The highest BCUT2D eigenvalue weighted by Crippen LogP contribution is 2.29. The normalized spacial score (nSPS) is 10.9. The molecule has 0 fully saturated rings. The number of carbonyl (C=O) groups is 1. The van der Waals surface area contributed by atoms with Crippen LogP contribution in [0.3, 0.4) is 0 Å². The van der Waals surface area contributed by atoms with Crippen LogP contribution in [0.5, 0.6) is 0 Å². The van der Waals surface area contributed by atoms with E-state index in [9.17, 15) is 4.79 Å². The lowest BCUT2D eigenvalue weighted by molar-refractivity contribution is 0.101. The number of benzene rings is 2. The van der Waals surface area contributed by atoms with Crippen LogP contribution in [-0.4, -0.2) is 5.78 Å². The lowest BCUT2D eigenvalue weighted by Crippen LogP contribution is -2.01. The zero-order chi connectivity index (χ0) is 14.3. The summed E-state index contributed by atoms with van der Waals surface area (Å²) in [7, 11) is 0. The van der Waals surface area contributed by atoms with Gasteiger partial charge in [0.15, 0.2) is 5.76 Å². The molecule has 0 atom stereocenters. The second-order valence-electron chi connectivity index (χ2n) is 4.53. The number of ketones is 1. The summed E-state index contributed by atoms with van der Waals surface area (Å²) in [5, 5.41) is 0.958. The zero-order valence-corrected chi connectivity index (χ0v) is 13.8. The van der Waals surface area contributed by atoms with Gasteiger partial charge in [-0.25, -0.2) is 0 Å². The number of hydrogen-bond acceptors (Lipinski definition) is 2. The van der Waals surface area contributed by atoms with E-state index in [4.69, 9.17) is 4.42 Å². The second kappa shape index (κ2) is 5.19. The van der Waals surface area contributed by atoms with Gasteiger partial charge in [-0.2, -0.15) is 0 Å². The first kappa shape index (κ1) is 13.6. The first-order valence-electron chi connectivity index (χ1n) is 6.05. The molecule has 0 radical (unpaired) electrons. The number of halogens is 2. The van der Waals surface area contributed by atoms with Gasteiger partial charge in [0, 0.05) is 25.5 Å². The molecule has 0 amide bonds. The van der Waals surface area contributed by atoms with Crippen LogP contribution in [0.2, 0.25) is 0 Å². The SMILES string of the molecule is Cc1c(C(=O)c2ccc(Br)cc2)oc2ccc(Br)cc12. The molecule has 2 nitrogen and oxygen atoms in total. The summed E-state index contributed by atoms with van der Waals surface area (Å²) in [6, 6.07) is 13.0. The quantitative estimate of drug-likeness (QED) is 0.538. The van der Waals surface area contributed by atoms with Crippen LogP contribution in [0, 0.1) is 6.92 Å². The number of rotatable bonds is 2. The third kappa shape index (κ3) is 2.34. The van der Waals surface area contributed by atoms with Crippen molar-refractivity contribution in [2.45, 2.75) is 6.92 Å². The molecule has 1 heterocycles. The van der Waals surface area contributed by atoms with Crippen LogP contribution in [0.15, 0.2) is 55.8 Å². The Bertz CT molecular complexity index is 801. The summed E-state index contributed by atoms with van der Waals surface area (Å²) in [4.78, 5) is 12.5. The average Bonchev–Trinajstić information content (AvgIpc) is 2.76. The third-order valence-corrected chi connectivity index (χ3v) is 4.23. The molecule has 20 heavy (non-hydrogen) atoms. The molecule has 0 aliphatic heterocycles. The predicted octanol–water partition coefficient (Wildman–Crippen LogP) is 5.50. The van der Waals surface area contributed by atoms with Crippen molar-refractivity contribution in [3.8, 4) is 0 Å². The van der Waals surface area contributed by atoms with Crippen LogP contribution in [0.25, 0.3) is 11.0 Å². The van der Waals surface area contributed by atoms with Gasteiger partial charge in [0.05, 0.1) is 0 Å². The van der Waals surface area contributed by atoms with Crippen molar-refractivity contribution in [1.29, 1.82) is 0 Å². The van der Waals surface area contributed by atoms with Gasteiger partial charge in [0.25, 0.3) is 0 Å². The van der Waals surface area contributed by atoms with Gasteiger partial charge < -0.3 is 4.42 Å². The molecule has 0 saturated heterocycles. The van der Waals surface area contributed by atoms with E-state index < -0.39 is 0 Å². The van der Waals surface area contributed by atoms with E-state index in [0.717, 1.165) is 25.5 Å². The smallest absolute Gasteiger partial charge is 0.228 e. The van der Waals surface area contributed by atoms with Crippen LogP contribution >= 0.6 is 31.9 Å². The molecule has 0 aliphatic carbocycles. The molecular weight excluding hydrogens is 384 g/mol. The second-order valence-corrected chi connectivity index (χ2v) is 6.36. The maximum Gasteiger partial charge on any atom is 0.228 e. The summed E-state index contributed by atoms with van der Waals surface area (Å²) >= 11 is 6.80. The fraction of sp³-hybridized carbons (Fsp3) is 0.0625. The fourth-order valence-corrected chi connectivity index (χ4v) is 2.77. The largest absolute Gasteiger partial charge is 0.452 e. The van der Waals surface area contributed by atoms with Crippen molar-refractivity contribution in [2.24, 2.45) is 0 Å². The van der Waals surface area contributed by atoms with E-state index in [2.05, 4.69) is 31.9 Å².